The number of benzene rings is 3. The number of anilines is 1. The zero-order chi connectivity index (χ0) is 18.7. The van der Waals surface area contributed by atoms with Crippen molar-refractivity contribution in [3.63, 3.8) is 0 Å². The minimum absolute atomic E-state index is 0.230. The van der Waals surface area contributed by atoms with Crippen molar-refractivity contribution in [1.29, 1.82) is 0 Å². The third-order valence-corrected chi connectivity index (χ3v) is 4.66. The monoisotopic (exact) mass is 407 g/mol. The molecule has 7 heteroatoms. The molecule has 0 aliphatic carbocycles. The second-order valence-corrected chi connectivity index (χ2v) is 6.62. The largest absolute Gasteiger partial charge is 0.452 e. The highest BCUT2D eigenvalue weighted by Gasteiger charge is 2.14. The molecule has 3 aromatic carbocycles. The van der Waals surface area contributed by atoms with Crippen LogP contribution < -0.4 is 5.32 Å². The molecule has 0 unspecified atom stereocenters. The lowest BCUT2D eigenvalue weighted by Crippen LogP contribution is -2.21. The smallest absolute Gasteiger partial charge is 0.339 e. The van der Waals surface area contributed by atoms with Crippen molar-refractivity contribution >= 4 is 63.1 Å². The lowest BCUT2D eigenvalue weighted by Gasteiger charge is -2.10. The predicted octanol–water partition coefficient (Wildman–Crippen LogP) is 5.60. The van der Waals surface area contributed by atoms with Gasteiger partial charge in [-0.1, -0.05) is 71.2 Å². The van der Waals surface area contributed by atoms with Crippen LogP contribution in [0.1, 0.15) is 10.4 Å². The predicted molar refractivity (Wildman–Crippen MR) is 104 cm³/mol. The van der Waals surface area contributed by atoms with Gasteiger partial charge >= 0.3 is 5.97 Å². The van der Waals surface area contributed by atoms with Crippen LogP contribution in [0.25, 0.3) is 10.8 Å². The van der Waals surface area contributed by atoms with Crippen LogP contribution in [0.4, 0.5) is 5.69 Å². The van der Waals surface area contributed by atoms with Crippen molar-refractivity contribution in [1.82, 2.24) is 0 Å². The molecule has 1 amide bonds. The van der Waals surface area contributed by atoms with E-state index in [0.29, 0.717) is 5.56 Å². The van der Waals surface area contributed by atoms with E-state index >= 15 is 0 Å². The first-order valence-corrected chi connectivity index (χ1v) is 8.68. The lowest BCUT2D eigenvalue weighted by atomic mass is 10.1. The molecule has 0 spiro atoms. The summed E-state index contributed by atoms with van der Waals surface area (Å²) in [5, 5.41) is 4.95. The molecule has 1 N–H and O–H groups in total. The van der Waals surface area contributed by atoms with Crippen LogP contribution in [0.2, 0.25) is 15.1 Å². The fourth-order valence-electron chi connectivity index (χ4n) is 2.42. The summed E-state index contributed by atoms with van der Waals surface area (Å²) in [6.45, 7) is -0.460. The van der Waals surface area contributed by atoms with Crippen LogP contribution in [0.5, 0.6) is 0 Å². The quantitative estimate of drug-likeness (QED) is 0.452. The van der Waals surface area contributed by atoms with Gasteiger partial charge in [0, 0.05) is 0 Å². The summed E-state index contributed by atoms with van der Waals surface area (Å²) >= 11 is 17.8. The van der Waals surface area contributed by atoms with E-state index in [0.717, 1.165) is 10.8 Å². The Labute approximate surface area is 164 Å². The van der Waals surface area contributed by atoms with Gasteiger partial charge in [-0.3, -0.25) is 4.79 Å². The minimum atomic E-state index is -0.586. The Morgan fingerprint density at radius 1 is 0.885 bits per heavy atom. The molecule has 3 rings (SSSR count). The maximum atomic E-state index is 12.3. The van der Waals surface area contributed by atoms with Crippen molar-refractivity contribution in [2.24, 2.45) is 0 Å². The molecular weight excluding hydrogens is 397 g/mol. The van der Waals surface area contributed by atoms with Gasteiger partial charge in [-0.25, -0.2) is 4.79 Å². The standard InChI is InChI=1S/C19H12Cl3NO3/c20-14-8-16(22)17(9-15(14)21)23-18(24)10-26-19(25)13-7-3-5-11-4-1-2-6-12(11)13/h1-9H,10H2,(H,23,24). The summed E-state index contributed by atoms with van der Waals surface area (Å²) in [4.78, 5) is 24.4. The average molecular weight is 409 g/mol. The van der Waals surface area contributed by atoms with Crippen molar-refractivity contribution in [2.75, 3.05) is 11.9 Å². The summed E-state index contributed by atoms with van der Waals surface area (Å²) in [5.41, 5.74) is 0.677. The van der Waals surface area contributed by atoms with Crippen LogP contribution in [-0.4, -0.2) is 18.5 Å². The Bertz CT molecular complexity index is 999. The van der Waals surface area contributed by atoms with E-state index in [1.165, 1.54) is 12.1 Å². The van der Waals surface area contributed by atoms with Crippen LogP contribution in [0.3, 0.4) is 0 Å². The summed E-state index contributed by atoms with van der Waals surface area (Å²) in [5.74, 6) is -1.13. The Balaban J connectivity index is 1.68. The summed E-state index contributed by atoms with van der Waals surface area (Å²) < 4.78 is 5.11. The van der Waals surface area contributed by atoms with Gasteiger partial charge in [0.25, 0.3) is 5.91 Å². The molecule has 0 fully saturated rings. The molecule has 0 radical (unpaired) electrons. The number of carbonyl (C=O) groups excluding carboxylic acids is 2. The third-order valence-electron chi connectivity index (χ3n) is 3.63. The molecule has 0 bridgehead atoms. The van der Waals surface area contributed by atoms with Gasteiger partial charge in [-0.15, -0.1) is 0 Å². The Morgan fingerprint density at radius 3 is 2.38 bits per heavy atom. The van der Waals surface area contributed by atoms with Crippen molar-refractivity contribution < 1.29 is 14.3 Å². The number of amides is 1. The van der Waals surface area contributed by atoms with E-state index in [1.54, 1.807) is 12.1 Å². The SMILES string of the molecule is O=C(COC(=O)c1cccc2ccccc12)Nc1cc(Cl)c(Cl)cc1Cl. The second kappa shape index (κ2) is 7.96. The number of nitrogens with one attached hydrogen (secondary N) is 1. The fraction of sp³-hybridized carbons (Fsp3) is 0.0526. The van der Waals surface area contributed by atoms with E-state index in [-0.39, 0.29) is 20.8 Å². The summed E-state index contributed by atoms with van der Waals surface area (Å²) in [7, 11) is 0. The molecular formula is C19H12Cl3NO3. The number of fused-ring (bicyclic) bond motifs is 1. The molecule has 0 aliphatic heterocycles. The Kier molecular flexibility index (Phi) is 5.67. The van der Waals surface area contributed by atoms with Crippen LogP contribution in [-0.2, 0) is 9.53 Å². The summed E-state index contributed by atoms with van der Waals surface area (Å²) in [6, 6.07) is 15.6. The van der Waals surface area contributed by atoms with Crippen LogP contribution in [0, 0.1) is 0 Å². The van der Waals surface area contributed by atoms with E-state index in [4.69, 9.17) is 39.5 Å². The van der Waals surface area contributed by atoms with Gasteiger partial charge < -0.3 is 10.1 Å². The van der Waals surface area contributed by atoms with E-state index in [1.807, 2.05) is 30.3 Å². The first kappa shape index (κ1) is 18.5. The van der Waals surface area contributed by atoms with Crippen LogP contribution in [0.15, 0.2) is 54.6 Å². The van der Waals surface area contributed by atoms with Gasteiger partial charge in [-0.05, 0) is 29.0 Å². The Hall–Kier alpha value is -2.27. The average Bonchev–Trinajstić information content (AvgIpc) is 2.63. The van der Waals surface area contributed by atoms with Crippen molar-refractivity contribution in [3.8, 4) is 0 Å². The van der Waals surface area contributed by atoms with Crippen LogP contribution >= 0.6 is 34.8 Å². The maximum absolute atomic E-state index is 12.3. The first-order chi connectivity index (χ1) is 12.5. The number of halogens is 3. The highest BCUT2D eigenvalue weighted by atomic mass is 35.5. The molecule has 0 aliphatic rings. The topological polar surface area (TPSA) is 55.4 Å². The summed E-state index contributed by atoms with van der Waals surface area (Å²) in [6.07, 6.45) is 0. The number of rotatable bonds is 4. The molecule has 0 heterocycles. The highest BCUT2D eigenvalue weighted by molar-refractivity contribution is 6.44. The molecule has 0 saturated carbocycles. The molecule has 132 valence electrons. The molecule has 0 atom stereocenters. The number of carbonyl (C=O) groups is 2. The normalized spacial score (nSPS) is 10.6. The first-order valence-electron chi connectivity index (χ1n) is 7.55. The van der Waals surface area contributed by atoms with Gasteiger partial charge in [0.2, 0.25) is 0 Å². The van der Waals surface area contributed by atoms with E-state index in [9.17, 15) is 9.59 Å². The number of hydrogen-bond acceptors (Lipinski definition) is 3. The maximum Gasteiger partial charge on any atom is 0.339 e. The third kappa shape index (κ3) is 4.10. The van der Waals surface area contributed by atoms with Crippen molar-refractivity contribution in [2.45, 2.75) is 0 Å². The lowest BCUT2D eigenvalue weighted by molar-refractivity contribution is -0.119. The Morgan fingerprint density at radius 2 is 1.58 bits per heavy atom. The minimum Gasteiger partial charge on any atom is -0.452 e. The van der Waals surface area contributed by atoms with E-state index in [2.05, 4.69) is 5.32 Å². The van der Waals surface area contributed by atoms with E-state index < -0.39 is 18.5 Å². The van der Waals surface area contributed by atoms with Crippen molar-refractivity contribution in [3.05, 3.63) is 75.2 Å². The molecule has 26 heavy (non-hydrogen) atoms. The second-order valence-electron chi connectivity index (χ2n) is 5.40. The van der Waals surface area contributed by atoms with Gasteiger partial charge in [0.1, 0.15) is 0 Å². The highest BCUT2D eigenvalue weighted by Crippen LogP contribution is 2.32. The molecule has 0 saturated heterocycles. The van der Waals surface area contributed by atoms with Gasteiger partial charge in [0.15, 0.2) is 6.61 Å². The number of esters is 1. The van der Waals surface area contributed by atoms with Gasteiger partial charge in [-0.2, -0.15) is 0 Å². The zero-order valence-corrected chi connectivity index (χ0v) is 15.5. The number of ether oxygens (including phenoxy) is 1. The molecule has 3 aromatic rings. The zero-order valence-electron chi connectivity index (χ0n) is 13.3. The number of hydrogen-bond donors (Lipinski definition) is 1. The fourth-order valence-corrected chi connectivity index (χ4v) is 3.01. The van der Waals surface area contributed by atoms with Gasteiger partial charge in [0.05, 0.1) is 26.3 Å². The molecule has 4 nitrogen and oxygen atoms in total. The molecule has 0 aromatic heterocycles.